The van der Waals surface area contributed by atoms with Crippen molar-refractivity contribution in [2.45, 2.75) is 18.2 Å². The number of benzene rings is 2. The van der Waals surface area contributed by atoms with Gasteiger partial charge >= 0.3 is 11.6 Å². The van der Waals surface area contributed by atoms with Gasteiger partial charge in [-0.2, -0.15) is 0 Å². The average molecular weight is 433 g/mol. The molecule has 0 heterocycles. The molecule has 0 aliphatic rings. The molecular formula is C18H17N4O7S+. The van der Waals surface area contributed by atoms with Crippen LogP contribution in [0.3, 0.4) is 0 Å². The molecule has 0 spiro atoms. The van der Waals surface area contributed by atoms with Gasteiger partial charge in [0, 0.05) is 17.7 Å². The van der Waals surface area contributed by atoms with Gasteiger partial charge in [0.1, 0.15) is 0 Å². The Kier molecular flexibility index (Phi) is 7.05. The van der Waals surface area contributed by atoms with Crippen LogP contribution >= 0.6 is 0 Å². The van der Waals surface area contributed by atoms with Gasteiger partial charge in [-0.05, 0) is 30.7 Å². The zero-order valence-corrected chi connectivity index (χ0v) is 16.5. The minimum absolute atomic E-state index is 0.0477. The van der Waals surface area contributed by atoms with Crippen LogP contribution in [0.2, 0.25) is 0 Å². The summed E-state index contributed by atoms with van der Waals surface area (Å²) in [5, 5.41) is 29.5. The van der Waals surface area contributed by atoms with Gasteiger partial charge in [0.05, 0.1) is 22.8 Å². The van der Waals surface area contributed by atoms with Crippen LogP contribution in [-0.2, 0) is 21.2 Å². The summed E-state index contributed by atoms with van der Waals surface area (Å²) in [5.74, 6) is -1.61. The highest BCUT2D eigenvalue weighted by atomic mass is 32.2. The number of aliphatic hydroxyl groups is 1. The number of allylic oxidation sites excluding steroid dienone is 1. The van der Waals surface area contributed by atoms with Crippen LogP contribution < -0.4 is 4.72 Å². The van der Waals surface area contributed by atoms with Gasteiger partial charge in [0.2, 0.25) is 5.39 Å². The number of carbonyl (C=O) groups excluding carboxylic acids is 1. The summed E-state index contributed by atoms with van der Waals surface area (Å²) in [6, 6.07) is 9.92. The molecule has 1 amide bonds. The predicted octanol–water partition coefficient (Wildman–Crippen LogP) is 2.87. The maximum absolute atomic E-state index is 12.6. The summed E-state index contributed by atoms with van der Waals surface area (Å²) in [6.07, 6.45) is -0.219. The van der Waals surface area contributed by atoms with Crippen LogP contribution in [0.5, 0.6) is 0 Å². The number of nitrogens with zero attached hydrogens (tertiary/aromatic N) is 3. The third-order valence-electron chi connectivity index (χ3n) is 3.85. The number of nitro benzene ring substituents is 1. The van der Waals surface area contributed by atoms with Crippen molar-refractivity contribution in [1.82, 2.24) is 4.72 Å². The Morgan fingerprint density at radius 3 is 2.43 bits per heavy atom. The van der Waals surface area contributed by atoms with Crippen LogP contribution in [0.4, 0.5) is 5.69 Å². The van der Waals surface area contributed by atoms with Crippen LogP contribution in [-0.4, -0.2) is 31.0 Å². The average Bonchev–Trinajstić information content (AvgIpc) is 2.72. The largest absolute Gasteiger partial charge is 0.475 e. The second-order valence-electron chi connectivity index (χ2n) is 5.80. The molecule has 12 heteroatoms. The first-order valence-electron chi connectivity index (χ1n) is 8.49. The maximum atomic E-state index is 12.6. The fourth-order valence-corrected chi connectivity index (χ4v) is 3.40. The van der Waals surface area contributed by atoms with E-state index >= 15 is 0 Å². The van der Waals surface area contributed by atoms with Gasteiger partial charge < -0.3 is 9.84 Å². The lowest BCUT2D eigenvalue weighted by atomic mass is 10.0. The molecule has 30 heavy (non-hydrogen) atoms. The van der Waals surface area contributed by atoms with E-state index in [1.54, 1.807) is 13.0 Å². The molecule has 0 saturated carbocycles. The molecule has 2 aromatic rings. The number of diazo groups is 1. The summed E-state index contributed by atoms with van der Waals surface area (Å²) in [6.45, 7) is 1.72. The van der Waals surface area contributed by atoms with E-state index in [-0.39, 0.29) is 40.4 Å². The Hall–Kier alpha value is -3.98. The molecule has 2 rings (SSSR count). The normalized spacial score (nSPS) is 11.7. The molecule has 0 aliphatic carbocycles. The molecule has 0 atom stereocenters. The second-order valence-corrected chi connectivity index (χ2v) is 7.49. The molecule has 0 fully saturated rings. The van der Waals surface area contributed by atoms with Crippen molar-refractivity contribution < 1.29 is 28.0 Å². The molecule has 156 valence electrons. The second kappa shape index (κ2) is 9.48. The number of amides is 1. The first-order valence-corrected chi connectivity index (χ1v) is 9.97. The topological polar surface area (TPSA) is 164 Å². The van der Waals surface area contributed by atoms with Gasteiger partial charge in [0.15, 0.2) is 4.98 Å². The molecule has 11 nitrogen and oxygen atoms in total. The van der Waals surface area contributed by atoms with Crippen molar-refractivity contribution in [1.29, 1.82) is 5.39 Å². The smallest absolute Gasteiger partial charge is 0.444 e. The molecule has 2 N–H and O–H groups in total. The zero-order chi connectivity index (χ0) is 22.3. The predicted molar refractivity (Wildman–Crippen MR) is 104 cm³/mol. The first-order chi connectivity index (χ1) is 14.2. The number of nitrogens with one attached hydrogen (secondary N) is 1. The lowest BCUT2D eigenvalue weighted by Gasteiger charge is -2.09. The molecule has 0 aliphatic heterocycles. The minimum Gasteiger partial charge on any atom is -0.475 e. The Morgan fingerprint density at radius 1 is 1.23 bits per heavy atom. The first kappa shape index (κ1) is 22.3. The minimum atomic E-state index is -4.31. The fraction of sp³-hybridized carbons (Fsp3) is 0.167. The number of nitro groups is 1. The molecule has 2 aromatic carbocycles. The SMILES string of the molecule is CCO/C(O)=C(\Cc1ccccc1C(=O)NS(=O)(=O)c1ccc([N+](=O)[O-])cc1)[N+]#N. The summed E-state index contributed by atoms with van der Waals surface area (Å²) < 4.78 is 31.7. The van der Waals surface area contributed by atoms with E-state index in [4.69, 9.17) is 10.1 Å². The van der Waals surface area contributed by atoms with Gasteiger partial charge in [-0.1, -0.05) is 18.2 Å². The van der Waals surface area contributed by atoms with Gasteiger partial charge in [-0.15, -0.1) is 0 Å². The van der Waals surface area contributed by atoms with Crippen molar-refractivity contribution in [3.05, 3.63) is 86.4 Å². The molecule has 0 radical (unpaired) electrons. The van der Waals surface area contributed by atoms with Crippen molar-refractivity contribution >= 4 is 21.6 Å². The summed E-state index contributed by atoms with van der Waals surface area (Å²) in [7, 11) is -4.31. The van der Waals surface area contributed by atoms with Crippen LogP contribution in [0.1, 0.15) is 22.8 Å². The number of rotatable bonds is 8. The highest BCUT2D eigenvalue weighted by Gasteiger charge is 2.26. The number of ether oxygens (including phenoxy) is 1. The van der Waals surface area contributed by atoms with Crippen molar-refractivity contribution in [3.63, 3.8) is 0 Å². The van der Waals surface area contributed by atoms with E-state index < -0.39 is 26.8 Å². The van der Waals surface area contributed by atoms with E-state index in [0.717, 1.165) is 24.3 Å². The standard InChI is InChI=1S/C18H16N4O7S/c1-2-29-18(24)16(20-19)11-12-5-3-4-6-15(12)17(23)21-30(27,28)14-9-7-13(8-10-14)22(25)26/h3-10H,2,11H2,1H3,(H-,21,23,24)/p+1/b18-16+. The number of hydrogen-bond acceptors (Lipinski definition) is 8. The quantitative estimate of drug-likeness (QED) is 0.278. The summed E-state index contributed by atoms with van der Waals surface area (Å²) >= 11 is 0. The number of hydrogen-bond donors (Lipinski definition) is 2. The molecule has 0 aromatic heterocycles. The molecule has 0 unspecified atom stereocenters. The van der Waals surface area contributed by atoms with E-state index in [0.29, 0.717) is 0 Å². The lowest BCUT2D eigenvalue weighted by molar-refractivity contribution is -0.384. The third kappa shape index (κ3) is 5.30. The Balaban J connectivity index is 2.30. The number of carbonyl (C=O) groups is 1. The highest BCUT2D eigenvalue weighted by molar-refractivity contribution is 7.90. The highest BCUT2D eigenvalue weighted by Crippen LogP contribution is 2.19. The monoisotopic (exact) mass is 433 g/mol. The Morgan fingerprint density at radius 2 is 1.87 bits per heavy atom. The van der Waals surface area contributed by atoms with Crippen LogP contribution in [0, 0.1) is 15.5 Å². The van der Waals surface area contributed by atoms with E-state index in [1.165, 1.54) is 18.2 Å². The third-order valence-corrected chi connectivity index (χ3v) is 5.20. The van der Waals surface area contributed by atoms with Crippen LogP contribution in [0.15, 0.2) is 65.1 Å². The van der Waals surface area contributed by atoms with E-state index in [9.17, 15) is 28.4 Å². The van der Waals surface area contributed by atoms with Crippen molar-refractivity contribution in [2.75, 3.05) is 6.61 Å². The van der Waals surface area contributed by atoms with E-state index in [1.807, 2.05) is 4.72 Å². The Bertz CT molecular complexity index is 1140. The van der Waals surface area contributed by atoms with Gasteiger partial charge in [-0.25, -0.2) is 13.1 Å². The Labute approximate surface area is 171 Å². The van der Waals surface area contributed by atoms with Gasteiger partial charge in [0.25, 0.3) is 21.6 Å². The zero-order valence-electron chi connectivity index (χ0n) is 15.7. The van der Waals surface area contributed by atoms with Gasteiger partial charge in [-0.3, -0.25) is 14.9 Å². The lowest BCUT2D eigenvalue weighted by Crippen LogP contribution is -2.31. The maximum Gasteiger partial charge on any atom is 0.444 e. The molecule has 0 saturated heterocycles. The van der Waals surface area contributed by atoms with Crippen molar-refractivity contribution in [3.8, 4) is 0 Å². The van der Waals surface area contributed by atoms with Crippen molar-refractivity contribution in [2.24, 2.45) is 0 Å². The van der Waals surface area contributed by atoms with Crippen LogP contribution in [0.25, 0.3) is 4.98 Å². The molecular weight excluding hydrogens is 416 g/mol. The number of aliphatic hydroxyl groups excluding tert-OH is 1. The summed E-state index contributed by atoms with van der Waals surface area (Å²) in [5.41, 5.74) is -0.344. The fourth-order valence-electron chi connectivity index (χ4n) is 2.43. The number of sulfonamides is 1. The van der Waals surface area contributed by atoms with E-state index in [2.05, 4.69) is 4.98 Å². The molecule has 0 bridgehead atoms. The number of non-ortho nitro benzene ring substituents is 1. The summed E-state index contributed by atoms with van der Waals surface area (Å²) in [4.78, 5) is 25.2.